The first-order valence-electron chi connectivity index (χ1n) is 7.86. The second kappa shape index (κ2) is 8.30. The molecule has 126 valence electrons. The van der Waals surface area contributed by atoms with Gasteiger partial charge in [0.25, 0.3) is 11.5 Å². The summed E-state index contributed by atoms with van der Waals surface area (Å²) in [7, 11) is 0. The first-order valence-corrected chi connectivity index (χ1v) is 8.84. The zero-order valence-electron chi connectivity index (χ0n) is 13.5. The van der Waals surface area contributed by atoms with Crippen LogP contribution in [0.1, 0.15) is 10.5 Å². The largest absolute Gasteiger partial charge is 0.350 e. The minimum absolute atomic E-state index is 0.216. The van der Waals surface area contributed by atoms with Gasteiger partial charge >= 0.3 is 0 Å². The summed E-state index contributed by atoms with van der Waals surface area (Å²) in [5.74, 6) is 0.465. The van der Waals surface area contributed by atoms with E-state index in [0.717, 1.165) is 10.6 Å². The molecule has 0 fully saturated rings. The normalized spacial score (nSPS) is 10.4. The SMILES string of the molecule is O=C(NCCSc1ccccc1)c1ccc(=O)n(-c2ccccc2)n1. The number of hydrogen-bond donors (Lipinski definition) is 1. The molecule has 0 radical (unpaired) electrons. The molecular weight excluding hydrogens is 334 g/mol. The molecule has 1 aromatic heterocycles. The summed E-state index contributed by atoms with van der Waals surface area (Å²) in [6, 6.07) is 21.8. The zero-order chi connectivity index (χ0) is 17.5. The Kier molecular flexibility index (Phi) is 5.64. The molecule has 0 saturated carbocycles. The van der Waals surface area contributed by atoms with E-state index in [-0.39, 0.29) is 17.2 Å². The molecule has 0 spiro atoms. The maximum Gasteiger partial charge on any atom is 0.271 e. The lowest BCUT2D eigenvalue weighted by molar-refractivity contribution is 0.0949. The average molecular weight is 351 g/mol. The van der Waals surface area contributed by atoms with Crippen molar-refractivity contribution in [2.75, 3.05) is 12.3 Å². The van der Waals surface area contributed by atoms with Crippen LogP contribution in [0.2, 0.25) is 0 Å². The van der Waals surface area contributed by atoms with Crippen LogP contribution in [0.15, 0.2) is 82.5 Å². The Balaban J connectivity index is 1.62. The fourth-order valence-electron chi connectivity index (χ4n) is 2.23. The molecule has 0 bridgehead atoms. The second-order valence-corrected chi connectivity index (χ2v) is 6.39. The molecule has 3 rings (SSSR count). The van der Waals surface area contributed by atoms with Crippen molar-refractivity contribution in [3.05, 3.63) is 88.8 Å². The van der Waals surface area contributed by atoms with Gasteiger partial charge in [-0.15, -0.1) is 11.8 Å². The first-order chi connectivity index (χ1) is 12.2. The molecule has 2 aromatic carbocycles. The summed E-state index contributed by atoms with van der Waals surface area (Å²) in [6.07, 6.45) is 0. The van der Waals surface area contributed by atoms with Gasteiger partial charge in [0, 0.05) is 23.3 Å². The molecule has 3 aromatic rings. The van der Waals surface area contributed by atoms with Gasteiger partial charge in [-0.2, -0.15) is 9.78 Å². The van der Waals surface area contributed by atoms with Crippen molar-refractivity contribution < 1.29 is 4.79 Å². The number of carbonyl (C=O) groups is 1. The van der Waals surface area contributed by atoms with E-state index in [1.807, 2.05) is 48.5 Å². The third kappa shape index (κ3) is 4.58. The molecule has 1 heterocycles. The van der Waals surface area contributed by atoms with E-state index in [9.17, 15) is 9.59 Å². The molecule has 5 nitrogen and oxygen atoms in total. The predicted molar refractivity (Wildman–Crippen MR) is 99.3 cm³/mol. The molecule has 25 heavy (non-hydrogen) atoms. The maximum absolute atomic E-state index is 12.3. The summed E-state index contributed by atoms with van der Waals surface area (Å²) in [4.78, 5) is 25.4. The van der Waals surface area contributed by atoms with E-state index in [2.05, 4.69) is 10.4 Å². The third-order valence-electron chi connectivity index (χ3n) is 3.43. The van der Waals surface area contributed by atoms with E-state index in [1.165, 1.54) is 16.8 Å². The van der Waals surface area contributed by atoms with Gasteiger partial charge in [0.15, 0.2) is 0 Å². The fourth-order valence-corrected chi connectivity index (χ4v) is 3.02. The molecule has 1 amide bonds. The summed E-state index contributed by atoms with van der Waals surface area (Å²) in [5, 5.41) is 6.99. The predicted octanol–water partition coefficient (Wildman–Crippen LogP) is 2.75. The average Bonchev–Trinajstić information content (AvgIpc) is 2.67. The molecule has 0 saturated heterocycles. The van der Waals surface area contributed by atoms with Crippen molar-refractivity contribution in [2.45, 2.75) is 4.90 Å². The standard InChI is InChI=1S/C19H17N3O2S/c23-18-12-11-17(21-22(18)15-7-3-1-4-8-15)19(24)20-13-14-25-16-9-5-2-6-10-16/h1-12H,13-14H2,(H,20,24). The quantitative estimate of drug-likeness (QED) is 0.548. The van der Waals surface area contributed by atoms with Gasteiger partial charge in [0.1, 0.15) is 5.69 Å². The molecule has 0 aliphatic rings. The van der Waals surface area contributed by atoms with E-state index in [0.29, 0.717) is 12.2 Å². The number of nitrogens with one attached hydrogen (secondary N) is 1. The Labute approximate surface area is 149 Å². The summed E-state index contributed by atoms with van der Waals surface area (Å²) in [6.45, 7) is 0.518. The van der Waals surface area contributed by atoms with Crippen LogP contribution in [0, 0.1) is 0 Å². The lowest BCUT2D eigenvalue weighted by Gasteiger charge is -2.08. The number of rotatable bonds is 6. The van der Waals surface area contributed by atoms with Crippen LogP contribution >= 0.6 is 11.8 Å². The van der Waals surface area contributed by atoms with Crippen LogP contribution in [-0.2, 0) is 0 Å². The van der Waals surface area contributed by atoms with Gasteiger partial charge in [-0.3, -0.25) is 9.59 Å². The van der Waals surface area contributed by atoms with E-state index in [4.69, 9.17) is 0 Å². The summed E-state index contributed by atoms with van der Waals surface area (Å²) in [5.41, 5.74) is 0.567. The fraction of sp³-hybridized carbons (Fsp3) is 0.105. The molecule has 0 atom stereocenters. The van der Waals surface area contributed by atoms with Gasteiger partial charge < -0.3 is 5.32 Å². The molecular formula is C19H17N3O2S. The number of aromatic nitrogens is 2. The first kappa shape index (κ1) is 17.0. The minimum Gasteiger partial charge on any atom is -0.350 e. The van der Waals surface area contributed by atoms with Crippen LogP contribution in [0.5, 0.6) is 0 Å². The topological polar surface area (TPSA) is 64.0 Å². The molecule has 0 unspecified atom stereocenters. The Hall–Kier alpha value is -2.86. The zero-order valence-corrected chi connectivity index (χ0v) is 14.3. The lowest BCUT2D eigenvalue weighted by atomic mass is 10.3. The molecule has 0 aliphatic heterocycles. The van der Waals surface area contributed by atoms with Gasteiger partial charge in [0.05, 0.1) is 5.69 Å². The van der Waals surface area contributed by atoms with E-state index < -0.39 is 0 Å². The number of amides is 1. The Morgan fingerprint density at radius 1 is 0.960 bits per heavy atom. The number of hydrogen-bond acceptors (Lipinski definition) is 4. The number of nitrogens with zero attached hydrogens (tertiary/aromatic N) is 2. The van der Waals surface area contributed by atoms with Crippen LogP contribution in [0.3, 0.4) is 0 Å². The van der Waals surface area contributed by atoms with Crippen molar-refractivity contribution in [2.24, 2.45) is 0 Å². The number of benzene rings is 2. The highest BCUT2D eigenvalue weighted by Gasteiger charge is 2.10. The second-order valence-electron chi connectivity index (χ2n) is 5.22. The van der Waals surface area contributed by atoms with Crippen LogP contribution in [0.4, 0.5) is 0 Å². The van der Waals surface area contributed by atoms with Crippen molar-refractivity contribution in [1.29, 1.82) is 0 Å². The van der Waals surface area contributed by atoms with E-state index in [1.54, 1.807) is 23.9 Å². The van der Waals surface area contributed by atoms with E-state index >= 15 is 0 Å². The Morgan fingerprint density at radius 3 is 2.36 bits per heavy atom. The van der Waals surface area contributed by atoms with Crippen LogP contribution < -0.4 is 10.9 Å². The molecule has 0 aliphatic carbocycles. The Bertz CT molecular complexity index is 895. The highest BCUT2D eigenvalue weighted by molar-refractivity contribution is 7.99. The van der Waals surface area contributed by atoms with Crippen molar-refractivity contribution in [3.8, 4) is 5.69 Å². The van der Waals surface area contributed by atoms with Gasteiger partial charge in [0.2, 0.25) is 0 Å². The van der Waals surface area contributed by atoms with Crippen LogP contribution in [0.25, 0.3) is 5.69 Å². The smallest absolute Gasteiger partial charge is 0.271 e. The molecule has 1 N–H and O–H groups in total. The highest BCUT2D eigenvalue weighted by atomic mass is 32.2. The maximum atomic E-state index is 12.3. The number of carbonyl (C=O) groups excluding carboxylic acids is 1. The van der Waals surface area contributed by atoms with Crippen molar-refractivity contribution in [3.63, 3.8) is 0 Å². The minimum atomic E-state index is -0.293. The number of para-hydroxylation sites is 1. The Morgan fingerprint density at radius 2 is 1.64 bits per heavy atom. The third-order valence-corrected chi connectivity index (χ3v) is 4.45. The molecule has 6 heteroatoms. The van der Waals surface area contributed by atoms with Gasteiger partial charge in [-0.1, -0.05) is 36.4 Å². The lowest BCUT2D eigenvalue weighted by Crippen LogP contribution is -2.30. The summed E-state index contributed by atoms with van der Waals surface area (Å²) < 4.78 is 1.23. The van der Waals surface area contributed by atoms with Gasteiger partial charge in [-0.05, 0) is 30.3 Å². The monoisotopic (exact) mass is 351 g/mol. The highest BCUT2D eigenvalue weighted by Crippen LogP contribution is 2.15. The van der Waals surface area contributed by atoms with Crippen molar-refractivity contribution >= 4 is 17.7 Å². The van der Waals surface area contributed by atoms with Crippen molar-refractivity contribution in [1.82, 2.24) is 15.1 Å². The summed E-state index contributed by atoms with van der Waals surface area (Å²) >= 11 is 1.67. The number of thioether (sulfide) groups is 1. The van der Waals surface area contributed by atoms with Gasteiger partial charge in [-0.25, -0.2) is 0 Å². The van der Waals surface area contributed by atoms with Crippen LogP contribution in [-0.4, -0.2) is 28.0 Å².